The molecule has 5 rings (SSSR count). The number of hydrogen-bond acceptors (Lipinski definition) is 6. The van der Waals surface area contributed by atoms with E-state index in [4.69, 9.17) is 13.8 Å². The Morgan fingerprint density at radius 1 is 1.38 bits per heavy atom. The average Bonchev–Trinajstić information content (AvgIpc) is 3.02. The maximum absolute atomic E-state index is 12.4. The van der Waals surface area contributed by atoms with Gasteiger partial charge in [-0.25, -0.2) is 4.57 Å². The van der Waals surface area contributed by atoms with Crippen molar-refractivity contribution in [2.75, 3.05) is 20.2 Å². The van der Waals surface area contributed by atoms with Gasteiger partial charge in [0.15, 0.2) is 11.5 Å². The molecule has 1 saturated heterocycles. The largest absolute Gasteiger partial charge is 0.527 e. The maximum atomic E-state index is 12.4. The highest BCUT2D eigenvalue weighted by Gasteiger charge is 2.64. The van der Waals surface area contributed by atoms with Crippen molar-refractivity contribution in [2.24, 2.45) is 5.92 Å². The fourth-order valence-electron chi connectivity index (χ4n) is 6.08. The van der Waals surface area contributed by atoms with Crippen LogP contribution in [0.25, 0.3) is 0 Å². The van der Waals surface area contributed by atoms with Crippen LogP contribution in [-0.4, -0.2) is 53.3 Å². The molecule has 8 heteroatoms. The molecule has 2 N–H and O–H groups in total. The number of aliphatic hydroxyl groups is 1. The Labute approximate surface area is 170 Å². The van der Waals surface area contributed by atoms with Crippen molar-refractivity contribution in [3.8, 4) is 11.5 Å². The average molecular weight is 421 g/mol. The van der Waals surface area contributed by atoms with E-state index in [9.17, 15) is 14.6 Å². The lowest BCUT2D eigenvalue weighted by molar-refractivity contribution is -0.0453. The van der Waals surface area contributed by atoms with E-state index in [1.54, 1.807) is 6.92 Å². The van der Waals surface area contributed by atoms with E-state index >= 15 is 0 Å². The van der Waals surface area contributed by atoms with Crippen molar-refractivity contribution >= 4 is 7.82 Å². The van der Waals surface area contributed by atoms with E-state index in [1.165, 1.54) is 5.56 Å². The minimum Gasteiger partial charge on any atom is -0.482 e. The summed E-state index contributed by atoms with van der Waals surface area (Å²) < 4.78 is 29.1. The van der Waals surface area contributed by atoms with Crippen LogP contribution in [0, 0.1) is 5.92 Å². The first-order chi connectivity index (χ1) is 13.8. The molecule has 1 spiro atoms. The molecular weight excluding hydrogens is 393 g/mol. The molecule has 7 nitrogen and oxygen atoms in total. The van der Waals surface area contributed by atoms with Crippen LogP contribution in [0.2, 0.25) is 0 Å². The summed E-state index contributed by atoms with van der Waals surface area (Å²) in [7, 11) is -2.08. The van der Waals surface area contributed by atoms with Gasteiger partial charge in [0.05, 0.1) is 6.61 Å². The third-order valence-corrected chi connectivity index (χ3v) is 8.26. The second kappa shape index (κ2) is 6.56. The second-order valence-corrected chi connectivity index (χ2v) is 9.91. The fraction of sp³-hybridized carbons (Fsp3) is 0.619. The molecule has 0 saturated carbocycles. The number of piperidine rings is 1. The zero-order chi connectivity index (χ0) is 20.6. The van der Waals surface area contributed by atoms with E-state index in [0.29, 0.717) is 11.8 Å². The van der Waals surface area contributed by atoms with Crippen LogP contribution in [0.5, 0.6) is 11.5 Å². The number of benzene rings is 1. The first-order valence-corrected chi connectivity index (χ1v) is 11.9. The van der Waals surface area contributed by atoms with Gasteiger partial charge in [0.25, 0.3) is 0 Å². The third kappa shape index (κ3) is 2.61. The lowest BCUT2D eigenvalue weighted by atomic mass is 9.53. The van der Waals surface area contributed by atoms with E-state index in [0.717, 1.165) is 36.9 Å². The van der Waals surface area contributed by atoms with Crippen molar-refractivity contribution in [2.45, 2.75) is 56.8 Å². The van der Waals surface area contributed by atoms with Gasteiger partial charge in [-0.2, -0.15) is 0 Å². The molecule has 29 heavy (non-hydrogen) atoms. The van der Waals surface area contributed by atoms with Crippen molar-refractivity contribution in [1.29, 1.82) is 0 Å². The summed E-state index contributed by atoms with van der Waals surface area (Å²) >= 11 is 0. The minimum absolute atomic E-state index is 0.0703. The highest BCUT2D eigenvalue weighted by molar-refractivity contribution is 7.47. The van der Waals surface area contributed by atoms with Gasteiger partial charge in [-0.05, 0) is 57.0 Å². The van der Waals surface area contributed by atoms with E-state index < -0.39 is 20.0 Å². The molecule has 1 aromatic rings. The van der Waals surface area contributed by atoms with Gasteiger partial charge in [-0.15, -0.1) is 0 Å². The Balaban J connectivity index is 1.73. The zero-order valence-corrected chi connectivity index (χ0v) is 17.9. The van der Waals surface area contributed by atoms with Crippen LogP contribution in [0.15, 0.2) is 18.2 Å². The molecule has 1 aromatic carbocycles. The molecule has 2 aliphatic carbocycles. The monoisotopic (exact) mass is 421 g/mol. The summed E-state index contributed by atoms with van der Waals surface area (Å²) in [6.45, 7) is 4.71. The standard InChI is InChI=1S/C21H28NO6P/c1-4-12-10-17(28-29(24,25)26-5-2)19-18-13(12)11-15-14-6-7-16(23)20(27-19)21(14,18)8-9-22(15)3/h6-7,10,14-16,20,23H,4-5,8-9,11H2,1-3H3,(H,24,25)/t14-,15+,16-,20-,21-/m0/s1. The number of likely N-dealkylation sites (tertiary alicyclic amines) is 1. The summed E-state index contributed by atoms with van der Waals surface area (Å²) in [5, 5.41) is 10.8. The Hall–Kier alpha value is -1.37. The van der Waals surface area contributed by atoms with E-state index in [1.807, 2.05) is 12.1 Å². The topological polar surface area (TPSA) is 88.5 Å². The summed E-state index contributed by atoms with van der Waals surface area (Å²) in [4.78, 5) is 12.5. The molecule has 1 unspecified atom stereocenters. The first kappa shape index (κ1) is 19.6. The van der Waals surface area contributed by atoms with Gasteiger partial charge in [-0.3, -0.25) is 9.42 Å². The molecule has 0 radical (unpaired) electrons. The van der Waals surface area contributed by atoms with Crippen LogP contribution in [-0.2, 0) is 27.3 Å². The highest BCUT2D eigenvalue weighted by Crippen LogP contribution is 2.64. The van der Waals surface area contributed by atoms with Crippen molar-refractivity contribution in [3.63, 3.8) is 0 Å². The molecule has 0 amide bonds. The summed E-state index contributed by atoms with van der Waals surface area (Å²) in [5.74, 6) is 0.982. The quantitative estimate of drug-likeness (QED) is 0.558. The Bertz CT molecular complexity index is 932. The lowest BCUT2D eigenvalue weighted by Crippen LogP contribution is -2.64. The highest BCUT2D eigenvalue weighted by atomic mass is 31.2. The van der Waals surface area contributed by atoms with Crippen LogP contribution in [0.4, 0.5) is 0 Å². The van der Waals surface area contributed by atoms with Gasteiger partial charge in [-0.1, -0.05) is 19.1 Å². The fourth-order valence-corrected chi connectivity index (χ4v) is 6.84. The zero-order valence-electron chi connectivity index (χ0n) is 17.0. The Morgan fingerprint density at radius 2 is 2.17 bits per heavy atom. The van der Waals surface area contributed by atoms with Crippen LogP contribution < -0.4 is 9.26 Å². The lowest BCUT2D eigenvalue weighted by Gasteiger charge is -2.56. The molecule has 2 aliphatic heterocycles. The van der Waals surface area contributed by atoms with E-state index in [2.05, 4.69) is 24.9 Å². The number of ether oxygens (including phenoxy) is 1. The van der Waals surface area contributed by atoms with Gasteiger partial charge in [0.1, 0.15) is 12.2 Å². The molecule has 2 bridgehead atoms. The van der Waals surface area contributed by atoms with Crippen LogP contribution >= 0.6 is 7.82 Å². The van der Waals surface area contributed by atoms with Crippen molar-refractivity contribution < 1.29 is 28.3 Å². The van der Waals surface area contributed by atoms with Crippen LogP contribution in [0.1, 0.15) is 37.0 Å². The Morgan fingerprint density at radius 3 is 2.90 bits per heavy atom. The van der Waals surface area contributed by atoms with Crippen molar-refractivity contribution in [1.82, 2.24) is 4.90 Å². The number of hydrogen-bond donors (Lipinski definition) is 2. The number of phosphoric acid groups is 1. The Kier molecular flexibility index (Phi) is 4.43. The molecule has 6 atom stereocenters. The third-order valence-electron chi connectivity index (χ3n) is 7.24. The summed E-state index contributed by atoms with van der Waals surface area (Å²) in [6.07, 6.45) is 5.40. The van der Waals surface area contributed by atoms with Gasteiger partial charge < -0.3 is 19.3 Å². The second-order valence-electron chi connectivity index (χ2n) is 8.53. The molecular formula is C21H28NO6P. The van der Waals surface area contributed by atoms with Crippen molar-refractivity contribution in [3.05, 3.63) is 34.9 Å². The smallest absolute Gasteiger partial charge is 0.482 e. The maximum Gasteiger partial charge on any atom is 0.527 e. The summed E-state index contributed by atoms with van der Waals surface area (Å²) in [5.41, 5.74) is 3.09. The minimum atomic E-state index is -4.25. The van der Waals surface area contributed by atoms with Crippen LogP contribution in [0.3, 0.4) is 0 Å². The molecule has 158 valence electrons. The summed E-state index contributed by atoms with van der Waals surface area (Å²) in [6, 6.07) is 2.17. The molecule has 4 aliphatic rings. The molecule has 2 heterocycles. The SMILES string of the molecule is CCOP(=O)(O)Oc1cc(CC)c2c3c1O[C@H]1[C@@H](O)C=C[C@H]4[C@@H](C2)N(C)CC[C@@]341. The number of likely N-dealkylation sites (N-methyl/N-ethyl adjacent to an activating group) is 1. The predicted octanol–water partition coefficient (Wildman–Crippen LogP) is 2.57. The number of aryl methyl sites for hydroxylation is 1. The van der Waals surface area contributed by atoms with Gasteiger partial charge in [0.2, 0.25) is 0 Å². The first-order valence-electron chi connectivity index (χ1n) is 10.4. The van der Waals surface area contributed by atoms with Gasteiger partial charge in [0, 0.05) is 22.9 Å². The number of phosphoric ester groups is 1. The normalized spacial score (nSPS) is 36.3. The number of nitrogens with zero attached hydrogens (tertiary/aromatic N) is 1. The predicted molar refractivity (Wildman–Crippen MR) is 107 cm³/mol. The number of rotatable bonds is 5. The van der Waals surface area contributed by atoms with E-state index in [-0.39, 0.29) is 23.7 Å². The van der Waals surface area contributed by atoms with Gasteiger partial charge >= 0.3 is 7.82 Å². The molecule has 1 fully saturated rings. The molecule has 0 aromatic heterocycles. The number of aliphatic hydroxyl groups excluding tert-OH is 1.